The Morgan fingerprint density at radius 3 is 2.96 bits per heavy atom. The van der Waals surface area contributed by atoms with Gasteiger partial charge in [0.1, 0.15) is 6.61 Å². The lowest BCUT2D eigenvalue weighted by atomic mass is 9.86. The molecule has 0 bridgehead atoms. The number of hydrogen-bond acceptors (Lipinski definition) is 3. The van der Waals surface area contributed by atoms with E-state index in [0.717, 1.165) is 25.0 Å². The number of urea groups is 1. The van der Waals surface area contributed by atoms with Crippen molar-refractivity contribution < 1.29 is 14.3 Å². The molecule has 3 rings (SSSR count). The minimum Gasteiger partial charge on any atom is -0.464 e. The maximum Gasteiger partial charge on any atom is 0.315 e. The maximum absolute atomic E-state index is 12.0. The molecule has 138 valence electrons. The van der Waals surface area contributed by atoms with Gasteiger partial charge in [-0.2, -0.15) is 0 Å². The van der Waals surface area contributed by atoms with Crippen LogP contribution in [0.15, 0.2) is 36.5 Å². The Kier molecular flexibility index (Phi) is 5.94. The van der Waals surface area contributed by atoms with Crippen LogP contribution in [0.25, 0.3) is 0 Å². The summed E-state index contributed by atoms with van der Waals surface area (Å²) < 4.78 is 5.12. The Bertz CT molecular complexity index is 756. The number of H-pyrrole nitrogens is 1. The lowest BCUT2D eigenvalue weighted by Gasteiger charge is -2.26. The molecule has 1 atom stereocenters. The highest BCUT2D eigenvalue weighted by Crippen LogP contribution is 2.24. The molecule has 1 aromatic heterocycles. The third kappa shape index (κ3) is 4.88. The fourth-order valence-corrected chi connectivity index (χ4v) is 3.34. The largest absolute Gasteiger partial charge is 0.464 e. The van der Waals surface area contributed by atoms with Gasteiger partial charge in [-0.15, -0.1) is 0 Å². The molecule has 1 unspecified atom stereocenters. The van der Waals surface area contributed by atoms with Gasteiger partial charge < -0.3 is 20.4 Å². The van der Waals surface area contributed by atoms with Crippen molar-refractivity contribution in [3.8, 4) is 0 Å². The lowest BCUT2D eigenvalue weighted by molar-refractivity contribution is -0.142. The van der Waals surface area contributed by atoms with E-state index in [-0.39, 0.29) is 31.1 Å². The molecule has 0 radical (unpaired) electrons. The van der Waals surface area contributed by atoms with Gasteiger partial charge in [0.2, 0.25) is 0 Å². The molecule has 1 aliphatic rings. The summed E-state index contributed by atoms with van der Waals surface area (Å²) in [5.74, 6) is -0.311. The quantitative estimate of drug-likeness (QED) is 0.549. The molecule has 26 heavy (non-hydrogen) atoms. The van der Waals surface area contributed by atoms with E-state index < -0.39 is 0 Å². The average Bonchev–Trinajstić information content (AvgIpc) is 3.12. The zero-order valence-corrected chi connectivity index (χ0v) is 15.0. The van der Waals surface area contributed by atoms with Gasteiger partial charge in [-0.1, -0.05) is 18.2 Å². The number of carbonyl (C=O) groups excluding carboxylic acids is 2. The summed E-state index contributed by atoms with van der Waals surface area (Å²) in [5, 5.41) is 5.76. The van der Waals surface area contributed by atoms with Crippen LogP contribution >= 0.6 is 0 Å². The second kappa shape index (κ2) is 8.56. The maximum atomic E-state index is 12.0. The van der Waals surface area contributed by atoms with E-state index >= 15 is 0 Å². The number of nitrogens with one attached hydrogen (secondary N) is 3. The first-order chi connectivity index (χ1) is 12.6. The first-order valence-electron chi connectivity index (χ1n) is 9.01. The minimum atomic E-state index is -0.311. The first-order valence-corrected chi connectivity index (χ1v) is 9.01. The standard InChI is InChI=1S/C20H25N3O3/c1-14-4-2-5-15-7-8-17(12-18(14)15)23-20(25)22-10-11-26-19(24)13-16-6-3-9-21-16/h2-6,9,17,21H,7-8,10-13H2,1H3,(H2,22,23,25). The van der Waals surface area contributed by atoms with E-state index in [0.29, 0.717) is 6.54 Å². The molecule has 0 spiro atoms. The van der Waals surface area contributed by atoms with E-state index in [4.69, 9.17) is 4.74 Å². The van der Waals surface area contributed by atoms with Gasteiger partial charge in [0.05, 0.1) is 13.0 Å². The predicted molar refractivity (Wildman–Crippen MR) is 99.0 cm³/mol. The number of esters is 1. The van der Waals surface area contributed by atoms with Crippen LogP contribution < -0.4 is 10.6 Å². The van der Waals surface area contributed by atoms with E-state index in [1.807, 2.05) is 12.1 Å². The van der Waals surface area contributed by atoms with Crippen LogP contribution in [0.4, 0.5) is 4.79 Å². The van der Waals surface area contributed by atoms with Crippen molar-refractivity contribution >= 4 is 12.0 Å². The summed E-state index contributed by atoms with van der Waals surface area (Å²) in [7, 11) is 0. The molecule has 3 N–H and O–H groups in total. The van der Waals surface area contributed by atoms with Gasteiger partial charge >= 0.3 is 12.0 Å². The monoisotopic (exact) mass is 355 g/mol. The second-order valence-corrected chi connectivity index (χ2v) is 6.65. The summed E-state index contributed by atoms with van der Waals surface area (Å²) in [6.45, 7) is 2.58. The number of benzene rings is 1. The highest BCUT2D eigenvalue weighted by molar-refractivity contribution is 5.74. The Hall–Kier alpha value is -2.76. The van der Waals surface area contributed by atoms with E-state index in [1.165, 1.54) is 16.7 Å². The van der Waals surface area contributed by atoms with Crippen LogP contribution in [0, 0.1) is 6.92 Å². The van der Waals surface area contributed by atoms with Crippen LogP contribution in [0.2, 0.25) is 0 Å². The fourth-order valence-electron chi connectivity index (χ4n) is 3.34. The van der Waals surface area contributed by atoms with Gasteiger partial charge in [0.25, 0.3) is 0 Å². The highest BCUT2D eigenvalue weighted by atomic mass is 16.5. The van der Waals surface area contributed by atoms with E-state index in [9.17, 15) is 9.59 Å². The van der Waals surface area contributed by atoms with Gasteiger partial charge in [-0.05, 0) is 55.0 Å². The zero-order chi connectivity index (χ0) is 18.4. The summed E-state index contributed by atoms with van der Waals surface area (Å²) in [6.07, 6.45) is 4.76. The first kappa shape index (κ1) is 18.0. The Balaban J connectivity index is 1.34. The second-order valence-electron chi connectivity index (χ2n) is 6.65. The van der Waals surface area contributed by atoms with Gasteiger partial charge in [0, 0.05) is 17.9 Å². The summed E-state index contributed by atoms with van der Waals surface area (Å²) in [5.41, 5.74) is 4.83. The van der Waals surface area contributed by atoms with Crippen LogP contribution in [0.3, 0.4) is 0 Å². The van der Waals surface area contributed by atoms with Crippen molar-refractivity contribution in [1.29, 1.82) is 0 Å². The number of aromatic amines is 1. The van der Waals surface area contributed by atoms with Crippen LogP contribution in [0.1, 0.15) is 28.8 Å². The Morgan fingerprint density at radius 2 is 2.15 bits per heavy atom. The van der Waals surface area contributed by atoms with Gasteiger partial charge in [-0.25, -0.2) is 4.79 Å². The molecule has 6 heteroatoms. The molecule has 0 fully saturated rings. The number of ether oxygens (including phenoxy) is 1. The number of rotatable bonds is 6. The molecular formula is C20H25N3O3. The third-order valence-corrected chi connectivity index (χ3v) is 4.70. The smallest absolute Gasteiger partial charge is 0.315 e. The van der Waals surface area contributed by atoms with Gasteiger partial charge in [-0.3, -0.25) is 4.79 Å². The summed E-state index contributed by atoms with van der Waals surface area (Å²) in [4.78, 5) is 26.6. The van der Waals surface area contributed by atoms with Crippen molar-refractivity contribution in [1.82, 2.24) is 15.6 Å². The molecule has 0 saturated heterocycles. The zero-order valence-electron chi connectivity index (χ0n) is 15.0. The van der Waals surface area contributed by atoms with Crippen molar-refractivity contribution in [3.63, 3.8) is 0 Å². The van der Waals surface area contributed by atoms with Crippen LogP contribution in [0.5, 0.6) is 0 Å². The number of hydrogen-bond donors (Lipinski definition) is 3. The summed E-state index contributed by atoms with van der Waals surface area (Å²) in [6, 6.07) is 9.96. The molecule has 1 heterocycles. The molecular weight excluding hydrogens is 330 g/mol. The number of amides is 2. The Labute approximate surface area is 153 Å². The number of aryl methyl sites for hydroxylation is 2. The third-order valence-electron chi connectivity index (χ3n) is 4.70. The van der Waals surface area contributed by atoms with Crippen molar-refractivity contribution in [2.45, 2.75) is 38.6 Å². The number of aromatic nitrogens is 1. The van der Waals surface area contributed by atoms with Crippen molar-refractivity contribution in [3.05, 3.63) is 58.9 Å². The van der Waals surface area contributed by atoms with Crippen LogP contribution in [-0.4, -0.2) is 36.2 Å². The normalized spacial score (nSPS) is 15.8. The van der Waals surface area contributed by atoms with E-state index in [1.54, 1.807) is 6.20 Å². The number of carbonyl (C=O) groups is 2. The van der Waals surface area contributed by atoms with Gasteiger partial charge in [0.15, 0.2) is 0 Å². The molecule has 0 saturated carbocycles. The van der Waals surface area contributed by atoms with Crippen LogP contribution in [-0.2, 0) is 28.8 Å². The molecule has 6 nitrogen and oxygen atoms in total. The lowest BCUT2D eigenvalue weighted by Crippen LogP contribution is -2.45. The molecule has 2 amide bonds. The number of fused-ring (bicyclic) bond motifs is 1. The highest BCUT2D eigenvalue weighted by Gasteiger charge is 2.21. The summed E-state index contributed by atoms with van der Waals surface area (Å²) >= 11 is 0. The minimum absolute atomic E-state index is 0.138. The molecule has 0 aliphatic heterocycles. The fraction of sp³-hybridized carbons (Fsp3) is 0.400. The predicted octanol–water partition coefficient (Wildman–Crippen LogP) is 2.27. The molecule has 2 aromatic rings. The van der Waals surface area contributed by atoms with Crippen molar-refractivity contribution in [2.24, 2.45) is 0 Å². The topological polar surface area (TPSA) is 83.2 Å². The Morgan fingerprint density at radius 1 is 1.27 bits per heavy atom. The molecule has 1 aromatic carbocycles. The van der Waals surface area contributed by atoms with Crippen molar-refractivity contribution in [2.75, 3.05) is 13.2 Å². The van der Waals surface area contributed by atoms with E-state index in [2.05, 4.69) is 40.7 Å². The average molecular weight is 355 g/mol. The SMILES string of the molecule is Cc1cccc2c1CC(NC(=O)NCCOC(=O)Cc1ccc[nH]1)CC2. The molecule has 1 aliphatic carbocycles.